The summed E-state index contributed by atoms with van der Waals surface area (Å²) in [6.07, 6.45) is 0. The molecular weight excluding hydrogens is 372 g/mol. The number of hydrogen-bond donors (Lipinski definition) is 1. The van der Waals surface area contributed by atoms with Gasteiger partial charge in [0, 0.05) is 31.8 Å². The monoisotopic (exact) mass is 396 g/mol. The number of imide groups is 1. The van der Waals surface area contributed by atoms with Crippen LogP contribution in [0.25, 0.3) is 5.57 Å². The van der Waals surface area contributed by atoms with Crippen LogP contribution < -0.4 is 14.4 Å². The van der Waals surface area contributed by atoms with Crippen molar-refractivity contribution in [2.24, 2.45) is 0 Å². The summed E-state index contributed by atoms with van der Waals surface area (Å²) in [6, 6.07) is 12.3. The van der Waals surface area contributed by atoms with Crippen LogP contribution in [0.15, 0.2) is 48.2 Å². The predicted molar refractivity (Wildman–Crippen MR) is 110 cm³/mol. The maximum absolute atomic E-state index is 13.4. The lowest BCUT2D eigenvalue weighted by Gasteiger charge is -2.21. The van der Waals surface area contributed by atoms with Crippen molar-refractivity contribution < 1.29 is 24.2 Å². The Morgan fingerprint density at radius 2 is 1.55 bits per heavy atom. The van der Waals surface area contributed by atoms with Crippen molar-refractivity contribution in [2.75, 3.05) is 39.3 Å². The minimum atomic E-state index is -0.461. The summed E-state index contributed by atoms with van der Waals surface area (Å²) in [6.45, 7) is 2.03. The third-order valence-corrected chi connectivity index (χ3v) is 4.81. The number of amides is 2. The van der Waals surface area contributed by atoms with Crippen LogP contribution in [-0.2, 0) is 9.59 Å². The first kappa shape index (κ1) is 20.4. The second kappa shape index (κ2) is 8.36. The Labute approximate surface area is 169 Å². The Bertz CT molecular complexity index is 943. The molecule has 0 atom stereocenters. The van der Waals surface area contributed by atoms with Gasteiger partial charge in [0.25, 0.3) is 11.8 Å². The van der Waals surface area contributed by atoms with Gasteiger partial charge in [0.1, 0.15) is 17.2 Å². The van der Waals surface area contributed by atoms with Crippen LogP contribution in [0.1, 0.15) is 11.1 Å². The van der Waals surface area contributed by atoms with E-state index in [0.29, 0.717) is 28.3 Å². The lowest BCUT2D eigenvalue weighted by molar-refractivity contribution is -0.120. The number of carbonyl (C=O) groups excluding carboxylic acids is 2. The molecule has 0 saturated carbocycles. The Morgan fingerprint density at radius 3 is 2.07 bits per heavy atom. The van der Waals surface area contributed by atoms with Crippen LogP contribution in [0.3, 0.4) is 0 Å². The molecule has 0 saturated heterocycles. The predicted octanol–water partition coefficient (Wildman–Crippen LogP) is 2.22. The Hall–Kier alpha value is -3.32. The largest absolute Gasteiger partial charge is 0.497 e. The van der Waals surface area contributed by atoms with Gasteiger partial charge in [0.05, 0.1) is 32.1 Å². The highest BCUT2D eigenvalue weighted by molar-refractivity contribution is 6.45. The molecule has 3 rings (SSSR count). The van der Waals surface area contributed by atoms with Gasteiger partial charge in [-0.3, -0.25) is 9.59 Å². The molecule has 7 heteroatoms. The molecule has 1 N–H and O–H groups in total. The molecule has 1 aliphatic rings. The van der Waals surface area contributed by atoms with Crippen LogP contribution >= 0.6 is 0 Å². The number of nitrogens with zero attached hydrogens (tertiary/aromatic N) is 2. The molecular formula is C22H24N2O5. The van der Waals surface area contributed by atoms with E-state index >= 15 is 0 Å². The normalized spacial score (nSPS) is 13.9. The minimum absolute atomic E-state index is 0.143. The van der Waals surface area contributed by atoms with E-state index in [1.807, 2.05) is 31.2 Å². The lowest BCUT2D eigenvalue weighted by Crippen LogP contribution is -2.34. The fourth-order valence-corrected chi connectivity index (χ4v) is 3.27. The number of likely N-dealkylation sites (N-methyl/N-ethyl adjacent to an activating group) is 1. The molecule has 1 heterocycles. The van der Waals surface area contributed by atoms with Gasteiger partial charge in [-0.05, 0) is 12.5 Å². The first-order chi connectivity index (χ1) is 13.9. The molecule has 2 aromatic carbocycles. The maximum atomic E-state index is 13.4. The summed E-state index contributed by atoms with van der Waals surface area (Å²) in [7, 11) is 4.69. The van der Waals surface area contributed by atoms with E-state index in [1.165, 1.54) is 14.2 Å². The lowest BCUT2D eigenvalue weighted by atomic mass is 10.0. The summed E-state index contributed by atoms with van der Waals surface area (Å²) >= 11 is 0. The molecule has 0 aromatic heterocycles. The molecule has 7 nitrogen and oxygen atoms in total. The average Bonchev–Trinajstić information content (AvgIpc) is 2.98. The van der Waals surface area contributed by atoms with Crippen LogP contribution in [0.4, 0.5) is 5.69 Å². The molecule has 0 spiro atoms. The summed E-state index contributed by atoms with van der Waals surface area (Å²) in [5, 5.41) is 9.35. The van der Waals surface area contributed by atoms with Gasteiger partial charge in [-0.2, -0.15) is 0 Å². The summed E-state index contributed by atoms with van der Waals surface area (Å²) in [4.78, 5) is 29.4. The van der Waals surface area contributed by atoms with Gasteiger partial charge in [-0.15, -0.1) is 0 Å². The zero-order chi connectivity index (χ0) is 21.1. The molecule has 0 fully saturated rings. The standard InChI is InChI=1S/C22H24N2O5/c1-14-5-7-15(8-6-14)19-20(23(2)9-10-25)22(27)24(21(19)26)16-11-17(28-3)13-18(12-16)29-4/h5-8,11-13,25H,9-10H2,1-4H3. The van der Waals surface area contributed by atoms with E-state index in [2.05, 4.69) is 0 Å². The zero-order valence-electron chi connectivity index (χ0n) is 16.9. The maximum Gasteiger partial charge on any atom is 0.282 e. The smallest absolute Gasteiger partial charge is 0.282 e. The molecule has 2 amide bonds. The average molecular weight is 396 g/mol. The van der Waals surface area contributed by atoms with E-state index in [1.54, 1.807) is 30.1 Å². The second-order valence-electron chi connectivity index (χ2n) is 6.75. The molecule has 0 radical (unpaired) electrons. The third kappa shape index (κ3) is 3.82. The molecule has 152 valence electrons. The van der Waals surface area contributed by atoms with Crippen LogP contribution in [0.2, 0.25) is 0 Å². The number of hydrogen-bond acceptors (Lipinski definition) is 6. The fourth-order valence-electron chi connectivity index (χ4n) is 3.27. The number of aliphatic hydroxyl groups excluding tert-OH is 1. The summed E-state index contributed by atoms with van der Waals surface area (Å²) in [5.74, 6) is 0.0359. The highest BCUT2D eigenvalue weighted by Crippen LogP contribution is 2.37. The highest BCUT2D eigenvalue weighted by atomic mass is 16.5. The number of ether oxygens (including phenoxy) is 2. The van der Waals surface area contributed by atoms with Crippen LogP contribution in [-0.4, -0.2) is 56.2 Å². The topological polar surface area (TPSA) is 79.3 Å². The number of aliphatic hydroxyl groups is 1. The molecule has 2 aromatic rings. The molecule has 1 aliphatic heterocycles. The number of aryl methyl sites for hydroxylation is 1. The number of rotatable bonds is 7. The highest BCUT2D eigenvalue weighted by Gasteiger charge is 2.42. The third-order valence-electron chi connectivity index (χ3n) is 4.81. The van der Waals surface area contributed by atoms with Gasteiger partial charge in [-0.25, -0.2) is 4.90 Å². The van der Waals surface area contributed by atoms with Gasteiger partial charge in [0.15, 0.2) is 0 Å². The van der Waals surface area contributed by atoms with Crippen molar-refractivity contribution in [3.05, 3.63) is 59.3 Å². The van der Waals surface area contributed by atoms with Crippen molar-refractivity contribution in [3.63, 3.8) is 0 Å². The van der Waals surface area contributed by atoms with Gasteiger partial charge < -0.3 is 19.5 Å². The zero-order valence-corrected chi connectivity index (χ0v) is 16.9. The van der Waals surface area contributed by atoms with Gasteiger partial charge in [-0.1, -0.05) is 29.8 Å². The first-order valence-corrected chi connectivity index (χ1v) is 9.16. The molecule has 0 bridgehead atoms. The van der Waals surface area contributed by atoms with Gasteiger partial charge in [0.2, 0.25) is 0 Å². The SMILES string of the molecule is COc1cc(OC)cc(N2C(=O)C(c3ccc(C)cc3)=C(N(C)CCO)C2=O)c1. The van der Waals surface area contributed by atoms with Crippen molar-refractivity contribution >= 4 is 23.1 Å². The molecule has 0 unspecified atom stereocenters. The van der Waals surface area contributed by atoms with Crippen molar-refractivity contribution in [1.29, 1.82) is 0 Å². The van der Waals surface area contributed by atoms with Crippen LogP contribution in [0.5, 0.6) is 11.5 Å². The minimum Gasteiger partial charge on any atom is -0.497 e. The fraction of sp³-hybridized carbons (Fsp3) is 0.273. The number of benzene rings is 2. The van der Waals surface area contributed by atoms with Crippen molar-refractivity contribution in [3.8, 4) is 11.5 Å². The Kier molecular flexibility index (Phi) is 5.89. The quantitative estimate of drug-likeness (QED) is 0.723. The number of anilines is 1. The van der Waals surface area contributed by atoms with E-state index in [4.69, 9.17) is 9.47 Å². The number of carbonyl (C=O) groups is 2. The summed E-state index contributed by atoms with van der Waals surface area (Å²) in [5.41, 5.74) is 2.59. The van der Waals surface area contributed by atoms with E-state index < -0.39 is 11.8 Å². The Balaban J connectivity index is 2.14. The van der Waals surface area contributed by atoms with E-state index in [-0.39, 0.29) is 18.8 Å². The Morgan fingerprint density at radius 1 is 0.966 bits per heavy atom. The summed E-state index contributed by atoms with van der Waals surface area (Å²) < 4.78 is 10.6. The molecule has 0 aliphatic carbocycles. The van der Waals surface area contributed by atoms with Crippen LogP contribution in [0, 0.1) is 6.92 Å². The second-order valence-corrected chi connectivity index (χ2v) is 6.75. The van der Waals surface area contributed by atoms with Gasteiger partial charge >= 0.3 is 0 Å². The van der Waals surface area contributed by atoms with E-state index in [0.717, 1.165) is 10.5 Å². The van der Waals surface area contributed by atoms with Crippen molar-refractivity contribution in [1.82, 2.24) is 4.90 Å². The molecule has 29 heavy (non-hydrogen) atoms. The number of methoxy groups -OCH3 is 2. The first-order valence-electron chi connectivity index (χ1n) is 9.16. The van der Waals surface area contributed by atoms with Crippen molar-refractivity contribution in [2.45, 2.75) is 6.92 Å². The van der Waals surface area contributed by atoms with E-state index in [9.17, 15) is 14.7 Å².